The highest BCUT2D eigenvalue weighted by molar-refractivity contribution is 6.02. The summed E-state index contributed by atoms with van der Waals surface area (Å²) in [6.45, 7) is 2.07. The van der Waals surface area contributed by atoms with Crippen molar-refractivity contribution in [3.05, 3.63) is 0 Å². The van der Waals surface area contributed by atoms with E-state index in [1.807, 2.05) is 0 Å². The first-order valence-corrected chi connectivity index (χ1v) is 10.9. The van der Waals surface area contributed by atoms with Crippen LogP contribution in [0.25, 0.3) is 0 Å². The van der Waals surface area contributed by atoms with E-state index in [0.29, 0.717) is 25.7 Å². The lowest BCUT2D eigenvalue weighted by molar-refractivity contribution is -0.156. The number of carbonyl (C=O) groups is 5. The van der Waals surface area contributed by atoms with Crippen molar-refractivity contribution in [2.75, 3.05) is 0 Å². The molecule has 7 rings (SSSR count). The van der Waals surface area contributed by atoms with Crippen LogP contribution in [-0.4, -0.2) is 29.7 Å². The molecule has 29 heavy (non-hydrogen) atoms. The molecule has 0 amide bonds. The molecule has 0 aromatic heterocycles. The Balaban J connectivity index is 1.28. The number of hydrogen-bond donors (Lipinski definition) is 0. The van der Waals surface area contributed by atoms with E-state index >= 15 is 0 Å². The summed E-state index contributed by atoms with van der Waals surface area (Å²) in [7, 11) is 0. The Morgan fingerprint density at radius 3 is 2.14 bits per heavy atom. The molecule has 0 radical (unpaired) electrons. The molecule has 7 heteroatoms. The Labute approximate surface area is 166 Å². The van der Waals surface area contributed by atoms with Gasteiger partial charge in [0.1, 0.15) is 5.78 Å². The molecule has 11 atom stereocenters. The third-order valence-corrected chi connectivity index (χ3v) is 10.3. The zero-order chi connectivity index (χ0) is 20.0. The molecule has 4 bridgehead atoms. The molecule has 7 aliphatic rings. The highest BCUT2D eigenvalue weighted by Crippen LogP contribution is 2.76. The van der Waals surface area contributed by atoms with Crippen LogP contribution in [0, 0.1) is 64.1 Å². The number of cyclic esters (lactones) is 4. The summed E-state index contributed by atoms with van der Waals surface area (Å²) in [5.41, 5.74) is -1.15. The van der Waals surface area contributed by atoms with Gasteiger partial charge in [0.15, 0.2) is 0 Å². The number of esters is 4. The van der Waals surface area contributed by atoms with E-state index in [4.69, 9.17) is 9.47 Å². The molecule has 5 saturated carbocycles. The summed E-state index contributed by atoms with van der Waals surface area (Å²) in [5.74, 6) is -3.29. The zero-order valence-electron chi connectivity index (χ0n) is 16.1. The third kappa shape index (κ3) is 1.52. The van der Waals surface area contributed by atoms with Crippen LogP contribution in [0.1, 0.15) is 39.0 Å². The van der Waals surface area contributed by atoms with Gasteiger partial charge in [-0.2, -0.15) is 0 Å². The lowest BCUT2D eigenvalue weighted by Gasteiger charge is -2.41. The van der Waals surface area contributed by atoms with E-state index in [9.17, 15) is 24.0 Å². The average Bonchev–Trinajstić information content (AvgIpc) is 3.49. The highest BCUT2D eigenvalue weighted by Gasteiger charge is 2.79. The van der Waals surface area contributed by atoms with Crippen LogP contribution in [0.5, 0.6) is 0 Å². The predicted octanol–water partition coefficient (Wildman–Crippen LogP) is 1.28. The number of ether oxygens (including phenoxy) is 2. The van der Waals surface area contributed by atoms with Crippen LogP contribution in [0.2, 0.25) is 0 Å². The largest absolute Gasteiger partial charge is 0.393 e. The number of hydrogen-bond acceptors (Lipinski definition) is 7. The molecule has 7 nitrogen and oxygen atoms in total. The van der Waals surface area contributed by atoms with Crippen LogP contribution < -0.4 is 0 Å². The number of carbonyl (C=O) groups excluding carboxylic acids is 5. The van der Waals surface area contributed by atoms with Crippen molar-refractivity contribution in [1.82, 2.24) is 0 Å². The fourth-order valence-electron chi connectivity index (χ4n) is 9.65. The van der Waals surface area contributed by atoms with Gasteiger partial charge in [-0.15, -0.1) is 0 Å². The van der Waals surface area contributed by atoms with Crippen molar-refractivity contribution in [3.63, 3.8) is 0 Å². The number of rotatable bonds is 0. The minimum absolute atomic E-state index is 0.0208. The molecule has 0 N–H and O–H groups in total. The van der Waals surface area contributed by atoms with Crippen molar-refractivity contribution < 1.29 is 33.4 Å². The van der Waals surface area contributed by atoms with Gasteiger partial charge in [-0.05, 0) is 61.7 Å². The number of Topliss-reactive ketones (excluding diaryl/α,β-unsaturated/α-hetero) is 1. The first-order chi connectivity index (χ1) is 13.8. The van der Waals surface area contributed by atoms with Crippen LogP contribution >= 0.6 is 0 Å². The normalized spacial score (nSPS) is 58.7. The molecular formula is C22H22O7. The van der Waals surface area contributed by atoms with E-state index in [2.05, 4.69) is 6.92 Å². The van der Waals surface area contributed by atoms with Crippen molar-refractivity contribution in [2.45, 2.75) is 39.0 Å². The Kier molecular flexibility index (Phi) is 2.68. The molecule has 152 valence electrons. The summed E-state index contributed by atoms with van der Waals surface area (Å²) < 4.78 is 9.88. The molecule has 5 aliphatic carbocycles. The topological polar surface area (TPSA) is 104 Å². The number of ketones is 1. The van der Waals surface area contributed by atoms with E-state index in [1.54, 1.807) is 0 Å². The quantitative estimate of drug-likeness (QED) is 0.447. The molecule has 2 aliphatic heterocycles. The van der Waals surface area contributed by atoms with Gasteiger partial charge in [-0.3, -0.25) is 24.0 Å². The second-order valence-corrected chi connectivity index (χ2v) is 10.8. The second kappa shape index (κ2) is 4.65. The van der Waals surface area contributed by atoms with Gasteiger partial charge in [0, 0.05) is 10.8 Å². The van der Waals surface area contributed by atoms with Gasteiger partial charge in [-0.1, -0.05) is 6.92 Å². The van der Waals surface area contributed by atoms with E-state index < -0.39 is 46.5 Å². The van der Waals surface area contributed by atoms with E-state index in [1.165, 1.54) is 0 Å². The van der Waals surface area contributed by atoms with Crippen LogP contribution in [0.3, 0.4) is 0 Å². The Hall–Kier alpha value is -2.05. The van der Waals surface area contributed by atoms with Gasteiger partial charge in [0.2, 0.25) is 0 Å². The molecule has 2 heterocycles. The maximum absolute atomic E-state index is 14.2. The maximum Gasteiger partial charge on any atom is 0.317 e. The molecular weight excluding hydrogens is 376 g/mol. The summed E-state index contributed by atoms with van der Waals surface area (Å²) in [6, 6.07) is 0. The third-order valence-electron chi connectivity index (χ3n) is 10.3. The van der Waals surface area contributed by atoms with E-state index in [0.717, 1.165) is 6.42 Å². The van der Waals surface area contributed by atoms with E-state index in [-0.39, 0.29) is 47.2 Å². The summed E-state index contributed by atoms with van der Waals surface area (Å²) in [6.07, 6.45) is 3.48. The smallest absolute Gasteiger partial charge is 0.317 e. The number of fused-ring (bicyclic) bond motifs is 12. The maximum atomic E-state index is 14.2. The fraction of sp³-hybridized carbons (Fsp3) is 0.773. The standard InChI is InChI=1S/C22H22O7/c1-7-9-6-22(15(7)14-12(9)17(24)29-19(14)26)3-2-21(20(22)27)5-8-4-10(21)13-11(8)16(23)28-18(13)25/h7-15H,2-6H2,1H3/t7-,8?,9?,10?,11?,12?,13?,14?,15?,21?,22?/m0/s1. The van der Waals surface area contributed by atoms with Gasteiger partial charge in [-0.25, -0.2) is 0 Å². The Morgan fingerprint density at radius 2 is 1.38 bits per heavy atom. The fourth-order valence-corrected chi connectivity index (χ4v) is 9.65. The first kappa shape index (κ1) is 16.7. The molecule has 0 aromatic rings. The highest BCUT2D eigenvalue weighted by atomic mass is 16.6. The minimum Gasteiger partial charge on any atom is -0.393 e. The second-order valence-electron chi connectivity index (χ2n) is 10.8. The van der Waals surface area contributed by atoms with Crippen molar-refractivity contribution >= 4 is 29.7 Å². The zero-order valence-corrected chi connectivity index (χ0v) is 16.1. The first-order valence-electron chi connectivity index (χ1n) is 10.9. The summed E-state index contributed by atoms with van der Waals surface area (Å²) >= 11 is 0. The lowest BCUT2D eigenvalue weighted by atomic mass is 9.58. The molecule has 2 saturated heterocycles. The van der Waals surface area contributed by atoms with Gasteiger partial charge >= 0.3 is 23.9 Å². The monoisotopic (exact) mass is 398 g/mol. The predicted molar refractivity (Wildman–Crippen MR) is 92.2 cm³/mol. The summed E-state index contributed by atoms with van der Waals surface area (Å²) in [4.78, 5) is 63.3. The van der Waals surface area contributed by atoms with Crippen molar-refractivity contribution in [1.29, 1.82) is 0 Å². The van der Waals surface area contributed by atoms with Crippen LogP contribution in [0.4, 0.5) is 0 Å². The molecule has 7 fully saturated rings. The van der Waals surface area contributed by atoms with Crippen molar-refractivity contribution in [3.8, 4) is 0 Å². The molecule has 10 unspecified atom stereocenters. The minimum atomic E-state index is -0.582. The Bertz CT molecular complexity index is 953. The SMILES string of the molecule is C[C@H]1C2CC3(CCC4(CC5CC4C4C(=O)OC(=O)C54)C3=O)C1C1C(=O)OC(=O)C12. The van der Waals surface area contributed by atoms with Gasteiger partial charge in [0.05, 0.1) is 23.7 Å². The lowest BCUT2D eigenvalue weighted by Crippen LogP contribution is -2.48. The van der Waals surface area contributed by atoms with Gasteiger partial charge in [0.25, 0.3) is 0 Å². The molecule has 0 aromatic carbocycles. The average molecular weight is 398 g/mol. The molecule has 2 spiro atoms. The van der Waals surface area contributed by atoms with Crippen LogP contribution in [-0.2, 0) is 33.4 Å². The van der Waals surface area contributed by atoms with Crippen LogP contribution in [0.15, 0.2) is 0 Å². The van der Waals surface area contributed by atoms with Gasteiger partial charge < -0.3 is 9.47 Å². The van der Waals surface area contributed by atoms with Crippen molar-refractivity contribution in [2.24, 2.45) is 64.1 Å². The Morgan fingerprint density at radius 1 is 0.759 bits per heavy atom. The summed E-state index contributed by atoms with van der Waals surface area (Å²) in [5, 5.41) is 0.